The van der Waals surface area contributed by atoms with Crippen LogP contribution in [0.15, 0.2) is 60.7 Å². The Kier molecular flexibility index (Phi) is 4.97. The molecule has 0 spiro atoms. The highest BCUT2D eigenvalue weighted by atomic mass is 16.1. The molecule has 1 N–H and O–H groups in total. The van der Waals surface area contributed by atoms with Gasteiger partial charge in [0.1, 0.15) is 0 Å². The normalized spacial score (nSPS) is 11.1. The van der Waals surface area contributed by atoms with Crippen molar-refractivity contribution in [1.82, 2.24) is 5.32 Å². The Morgan fingerprint density at radius 3 is 2.25 bits per heavy atom. The predicted octanol–water partition coefficient (Wildman–Crippen LogP) is 2.96. The van der Waals surface area contributed by atoms with Crippen LogP contribution >= 0.6 is 0 Å². The summed E-state index contributed by atoms with van der Waals surface area (Å²) < 4.78 is 0. The molecule has 0 aliphatic heterocycles. The van der Waals surface area contributed by atoms with E-state index in [9.17, 15) is 4.79 Å². The third-order valence-corrected chi connectivity index (χ3v) is 3.03. The number of amides is 1. The van der Waals surface area contributed by atoms with E-state index >= 15 is 0 Å². The van der Waals surface area contributed by atoms with Crippen molar-refractivity contribution in [1.29, 1.82) is 0 Å². The van der Waals surface area contributed by atoms with Crippen molar-refractivity contribution >= 4 is 5.91 Å². The van der Waals surface area contributed by atoms with Crippen LogP contribution in [-0.2, 0) is 4.79 Å². The van der Waals surface area contributed by atoms with E-state index in [2.05, 4.69) is 17.2 Å². The van der Waals surface area contributed by atoms with Gasteiger partial charge in [-0.05, 0) is 17.7 Å². The fourth-order valence-electron chi connectivity index (χ4n) is 1.92. The first-order chi connectivity index (χ1) is 9.79. The molecule has 0 aliphatic carbocycles. The van der Waals surface area contributed by atoms with E-state index < -0.39 is 0 Å². The van der Waals surface area contributed by atoms with E-state index in [-0.39, 0.29) is 11.8 Å². The number of carbonyl (C=O) groups excluding carboxylic acids is 1. The summed E-state index contributed by atoms with van der Waals surface area (Å²) in [5.41, 5.74) is 2.03. The lowest BCUT2D eigenvalue weighted by Crippen LogP contribution is -2.20. The molecule has 2 heteroatoms. The first-order valence-corrected chi connectivity index (χ1v) is 6.61. The van der Waals surface area contributed by atoms with Gasteiger partial charge in [0, 0.05) is 19.0 Å². The minimum Gasteiger partial charge on any atom is -0.359 e. The van der Waals surface area contributed by atoms with Gasteiger partial charge < -0.3 is 5.32 Å². The van der Waals surface area contributed by atoms with E-state index in [1.54, 1.807) is 7.05 Å². The van der Waals surface area contributed by atoms with E-state index in [0.29, 0.717) is 6.42 Å². The molecule has 1 atom stereocenters. The Morgan fingerprint density at radius 1 is 1.05 bits per heavy atom. The van der Waals surface area contributed by atoms with Gasteiger partial charge in [-0.15, -0.1) is 0 Å². The summed E-state index contributed by atoms with van der Waals surface area (Å²) in [6, 6.07) is 19.7. The smallest absolute Gasteiger partial charge is 0.221 e. The number of nitrogens with one attached hydrogen (secondary N) is 1. The molecule has 0 heterocycles. The molecule has 2 nitrogen and oxygen atoms in total. The van der Waals surface area contributed by atoms with E-state index in [0.717, 1.165) is 11.1 Å². The zero-order valence-electron chi connectivity index (χ0n) is 11.5. The first kappa shape index (κ1) is 13.9. The summed E-state index contributed by atoms with van der Waals surface area (Å²) in [4.78, 5) is 11.6. The molecular formula is C18H17NO. The summed E-state index contributed by atoms with van der Waals surface area (Å²) in [6.45, 7) is 0. The Labute approximate surface area is 119 Å². The van der Waals surface area contributed by atoms with E-state index in [4.69, 9.17) is 0 Å². The quantitative estimate of drug-likeness (QED) is 0.848. The van der Waals surface area contributed by atoms with Gasteiger partial charge in [0.25, 0.3) is 0 Å². The molecule has 2 aromatic carbocycles. The Balaban J connectivity index is 2.24. The molecule has 1 amide bonds. The third kappa shape index (κ3) is 4.00. The lowest BCUT2D eigenvalue weighted by atomic mass is 9.95. The third-order valence-electron chi connectivity index (χ3n) is 3.03. The van der Waals surface area contributed by atoms with Crippen LogP contribution in [0.25, 0.3) is 0 Å². The molecule has 2 aromatic rings. The Bertz CT molecular complexity index is 608. The van der Waals surface area contributed by atoms with E-state index in [1.165, 1.54) is 0 Å². The van der Waals surface area contributed by atoms with Crippen molar-refractivity contribution in [2.75, 3.05) is 7.05 Å². The zero-order chi connectivity index (χ0) is 14.2. The fraction of sp³-hybridized carbons (Fsp3) is 0.167. The summed E-state index contributed by atoms with van der Waals surface area (Å²) in [7, 11) is 1.65. The van der Waals surface area contributed by atoms with Gasteiger partial charge in [-0.1, -0.05) is 60.4 Å². The fourth-order valence-corrected chi connectivity index (χ4v) is 1.92. The largest absolute Gasteiger partial charge is 0.359 e. The molecule has 0 fully saturated rings. The minimum absolute atomic E-state index is 0.00112. The number of benzene rings is 2. The van der Waals surface area contributed by atoms with Gasteiger partial charge in [-0.2, -0.15) is 0 Å². The van der Waals surface area contributed by atoms with Crippen LogP contribution in [0, 0.1) is 11.8 Å². The van der Waals surface area contributed by atoms with Gasteiger partial charge in [-0.25, -0.2) is 0 Å². The second-order valence-corrected chi connectivity index (χ2v) is 4.48. The van der Waals surface area contributed by atoms with Crippen LogP contribution in [0.3, 0.4) is 0 Å². The monoisotopic (exact) mass is 263 g/mol. The molecule has 100 valence electrons. The van der Waals surface area contributed by atoms with Crippen LogP contribution in [0.5, 0.6) is 0 Å². The van der Waals surface area contributed by atoms with Gasteiger partial charge in [0.15, 0.2) is 0 Å². The molecule has 0 saturated heterocycles. The zero-order valence-corrected chi connectivity index (χ0v) is 11.5. The highest BCUT2D eigenvalue weighted by molar-refractivity contribution is 5.77. The molecule has 2 rings (SSSR count). The van der Waals surface area contributed by atoms with Crippen molar-refractivity contribution in [3.8, 4) is 11.8 Å². The second kappa shape index (κ2) is 7.16. The summed E-state index contributed by atoms with van der Waals surface area (Å²) in [6.07, 6.45) is 0.375. The van der Waals surface area contributed by atoms with E-state index in [1.807, 2.05) is 60.7 Å². The lowest BCUT2D eigenvalue weighted by Gasteiger charge is -2.09. The number of rotatable bonds is 3. The standard InChI is InChI=1S/C18H17NO/c1-19-18(20)14-17(16-10-6-3-7-11-16)13-12-15-8-4-2-5-9-15/h2-11,17H,14H2,1H3,(H,19,20). The molecule has 0 aromatic heterocycles. The Hall–Kier alpha value is -2.53. The van der Waals surface area contributed by atoms with Crippen molar-refractivity contribution < 1.29 is 4.79 Å². The van der Waals surface area contributed by atoms with Gasteiger partial charge in [0.2, 0.25) is 5.91 Å². The first-order valence-electron chi connectivity index (χ1n) is 6.61. The van der Waals surface area contributed by atoms with Crippen molar-refractivity contribution in [3.63, 3.8) is 0 Å². The highest BCUT2D eigenvalue weighted by Gasteiger charge is 2.12. The van der Waals surface area contributed by atoms with Crippen LogP contribution in [0.1, 0.15) is 23.5 Å². The number of hydrogen-bond acceptors (Lipinski definition) is 1. The highest BCUT2D eigenvalue weighted by Crippen LogP contribution is 2.18. The summed E-state index contributed by atoms with van der Waals surface area (Å²) in [5, 5.41) is 2.66. The summed E-state index contributed by atoms with van der Waals surface area (Å²) >= 11 is 0. The Morgan fingerprint density at radius 2 is 1.65 bits per heavy atom. The van der Waals surface area contributed by atoms with Crippen molar-refractivity contribution in [2.24, 2.45) is 0 Å². The average molecular weight is 263 g/mol. The molecular weight excluding hydrogens is 246 g/mol. The second-order valence-electron chi connectivity index (χ2n) is 4.48. The maximum atomic E-state index is 11.6. The molecule has 0 radical (unpaired) electrons. The SMILES string of the molecule is CNC(=O)CC(C#Cc1ccccc1)c1ccccc1. The molecule has 1 unspecified atom stereocenters. The molecule has 0 saturated carbocycles. The maximum Gasteiger partial charge on any atom is 0.221 e. The molecule has 20 heavy (non-hydrogen) atoms. The lowest BCUT2D eigenvalue weighted by molar-refractivity contribution is -0.120. The predicted molar refractivity (Wildman–Crippen MR) is 81.2 cm³/mol. The van der Waals surface area contributed by atoms with Crippen LogP contribution in [-0.4, -0.2) is 13.0 Å². The summed E-state index contributed by atoms with van der Waals surface area (Å²) in [5.74, 6) is 6.26. The number of carbonyl (C=O) groups is 1. The number of hydrogen-bond donors (Lipinski definition) is 1. The van der Waals surface area contributed by atoms with Crippen molar-refractivity contribution in [2.45, 2.75) is 12.3 Å². The minimum atomic E-state index is -0.0867. The van der Waals surface area contributed by atoms with Gasteiger partial charge in [-0.3, -0.25) is 4.79 Å². The van der Waals surface area contributed by atoms with Gasteiger partial charge in [0.05, 0.1) is 5.92 Å². The maximum absolute atomic E-state index is 11.6. The van der Waals surface area contributed by atoms with Crippen LogP contribution < -0.4 is 5.32 Å². The van der Waals surface area contributed by atoms with Crippen molar-refractivity contribution in [3.05, 3.63) is 71.8 Å². The average Bonchev–Trinajstić information content (AvgIpc) is 2.53. The van der Waals surface area contributed by atoms with Crippen LogP contribution in [0.2, 0.25) is 0 Å². The van der Waals surface area contributed by atoms with Crippen LogP contribution in [0.4, 0.5) is 0 Å². The molecule has 0 aliphatic rings. The van der Waals surface area contributed by atoms with Gasteiger partial charge >= 0.3 is 0 Å². The molecule has 0 bridgehead atoms. The topological polar surface area (TPSA) is 29.1 Å².